The number of anilines is 1. The maximum absolute atomic E-state index is 5.30. The highest BCUT2D eigenvalue weighted by Crippen LogP contribution is 2.40. The molecule has 0 amide bonds. The van der Waals surface area contributed by atoms with Gasteiger partial charge in [-0.05, 0) is 42.0 Å². The van der Waals surface area contributed by atoms with Gasteiger partial charge in [0.2, 0.25) is 0 Å². The van der Waals surface area contributed by atoms with Crippen LogP contribution in [0.25, 0.3) is 22.4 Å². The lowest BCUT2D eigenvalue weighted by molar-refractivity contribution is 0.414. The zero-order valence-corrected chi connectivity index (χ0v) is 13.8. The van der Waals surface area contributed by atoms with Gasteiger partial charge in [0, 0.05) is 11.3 Å². The number of rotatable bonds is 2. The second-order valence-corrected chi connectivity index (χ2v) is 6.16. The number of fused-ring (bicyclic) bond motifs is 5. The molecule has 4 heteroatoms. The molecule has 1 aromatic heterocycles. The molecule has 0 bridgehead atoms. The zero-order valence-electron chi connectivity index (χ0n) is 13.8. The van der Waals surface area contributed by atoms with Crippen LogP contribution >= 0.6 is 0 Å². The van der Waals surface area contributed by atoms with Gasteiger partial charge >= 0.3 is 0 Å². The van der Waals surface area contributed by atoms with Crippen molar-refractivity contribution in [1.29, 1.82) is 0 Å². The fraction of sp³-hybridized carbons (Fsp3) is 0.0952. The molecule has 1 aliphatic heterocycles. The fourth-order valence-electron chi connectivity index (χ4n) is 3.53. The number of methoxy groups -OCH3 is 1. The summed E-state index contributed by atoms with van der Waals surface area (Å²) in [7, 11) is 1.69. The van der Waals surface area contributed by atoms with Gasteiger partial charge in [-0.25, -0.2) is 4.98 Å². The highest BCUT2D eigenvalue weighted by atomic mass is 16.5. The minimum Gasteiger partial charge on any atom is -0.497 e. The monoisotopic (exact) mass is 327 g/mol. The predicted molar refractivity (Wildman–Crippen MR) is 99.9 cm³/mol. The van der Waals surface area contributed by atoms with Gasteiger partial charge in [0.25, 0.3) is 0 Å². The fourth-order valence-corrected chi connectivity index (χ4v) is 3.53. The van der Waals surface area contributed by atoms with E-state index >= 15 is 0 Å². The largest absolute Gasteiger partial charge is 0.497 e. The maximum Gasteiger partial charge on any atom is 0.145 e. The molecule has 3 aromatic carbocycles. The Morgan fingerprint density at radius 1 is 0.920 bits per heavy atom. The smallest absolute Gasteiger partial charge is 0.145 e. The van der Waals surface area contributed by atoms with E-state index in [-0.39, 0.29) is 6.17 Å². The number of ether oxygens (including phenoxy) is 1. The first-order valence-electron chi connectivity index (χ1n) is 8.32. The van der Waals surface area contributed by atoms with Crippen molar-refractivity contribution in [2.24, 2.45) is 0 Å². The highest BCUT2D eigenvalue weighted by Gasteiger charge is 2.27. The first kappa shape index (κ1) is 14.1. The molecule has 4 nitrogen and oxygen atoms in total. The molecule has 4 aromatic rings. The summed E-state index contributed by atoms with van der Waals surface area (Å²) in [6.45, 7) is 0. The lowest BCUT2D eigenvalue weighted by atomic mass is 10.1. The Labute approximate surface area is 145 Å². The number of hydrogen-bond acceptors (Lipinski definition) is 3. The van der Waals surface area contributed by atoms with Crippen LogP contribution in [0.2, 0.25) is 0 Å². The molecule has 0 spiro atoms. The number of nitrogens with one attached hydrogen (secondary N) is 1. The van der Waals surface area contributed by atoms with Crippen LogP contribution in [-0.4, -0.2) is 16.7 Å². The summed E-state index contributed by atoms with van der Waals surface area (Å²) < 4.78 is 7.58. The highest BCUT2D eigenvalue weighted by molar-refractivity contribution is 5.86. The van der Waals surface area contributed by atoms with Crippen molar-refractivity contribution in [3.63, 3.8) is 0 Å². The molecule has 25 heavy (non-hydrogen) atoms. The maximum atomic E-state index is 5.30. The lowest BCUT2D eigenvalue weighted by Gasteiger charge is -2.30. The third-order valence-electron chi connectivity index (χ3n) is 4.75. The Kier molecular flexibility index (Phi) is 3.04. The lowest BCUT2D eigenvalue weighted by Crippen LogP contribution is -2.24. The standard InChI is InChI=1S/C21H17N3O/c1-25-15-12-10-14(11-13-15)20-22-17-7-3-2-6-16(17)21-23-18-8-4-5-9-19(18)24(20)21/h2-13,20,22H,1H3/t20-/m1/s1. The van der Waals surface area contributed by atoms with Gasteiger partial charge in [0.05, 0.1) is 18.1 Å². The number of imidazole rings is 1. The van der Waals surface area contributed by atoms with E-state index in [4.69, 9.17) is 9.72 Å². The quantitative estimate of drug-likeness (QED) is 0.581. The topological polar surface area (TPSA) is 39.1 Å². The Balaban J connectivity index is 1.76. The Bertz CT molecular complexity index is 1070. The number of benzene rings is 3. The van der Waals surface area contributed by atoms with Gasteiger partial charge in [-0.2, -0.15) is 0 Å². The van der Waals surface area contributed by atoms with E-state index in [2.05, 4.69) is 64.5 Å². The summed E-state index contributed by atoms with van der Waals surface area (Å²) >= 11 is 0. The molecule has 2 heterocycles. The van der Waals surface area contributed by atoms with Crippen LogP contribution in [0.3, 0.4) is 0 Å². The number of hydrogen-bond donors (Lipinski definition) is 1. The SMILES string of the molecule is COc1ccc([C@@H]2Nc3ccccc3-c3nc4ccccc4n32)cc1. The molecule has 0 unspecified atom stereocenters. The van der Waals surface area contributed by atoms with Crippen molar-refractivity contribution in [1.82, 2.24) is 9.55 Å². The summed E-state index contributed by atoms with van der Waals surface area (Å²) in [5, 5.41) is 3.67. The minimum atomic E-state index is -0.0109. The van der Waals surface area contributed by atoms with Gasteiger partial charge in [-0.1, -0.05) is 36.4 Å². The molecule has 0 fully saturated rings. The average Bonchev–Trinajstić information content (AvgIpc) is 3.07. The Morgan fingerprint density at radius 3 is 2.52 bits per heavy atom. The summed E-state index contributed by atoms with van der Waals surface area (Å²) in [4.78, 5) is 4.90. The van der Waals surface area contributed by atoms with Crippen molar-refractivity contribution in [3.8, 4) is 17.1 Å². The van der Waals surface area contributed by atoms with Crippen molar-refractivity contribution in [3.05, 3.63) is 78.4 Å². The van der Waals surface area contributed by atoms with E-state index in [1.807, 2.05) is 18.2 Å². The molecule has 1 aliphatic rings. The van der Waals surface area contributed by atoms with Crippen molar-refractivity contribution < 1.29 is 4.74 Å². The van der Waals surface area contributed by atoms with Gasteiger partial charge in [-0.3, -0.25) is 4.57 Å². The summed E-state index contributed by atoms with van der Waals surface area (Å²) in [6, 6.07) is 24.8. The van der Waals surface area contributed by atoms with Gasteiger partial charge < -0.3 is 10.1 Å². The van der Waals surface area contributed by atoms with E-state index in [1.165, 1.54) is 5.56 Å². The third-order valence-corrected chi connectivity index (χ3v) is 4.75. The van der Waals surface area contributed by atoms with Crippen LogP contribution < -0.4 is 10.1 Å². The zero-order chi connectivity index (χ0) is 16.8. The number of nitrogens with zero attached hydrogens (tertiary/aromatic N) is 2. The normalized spacial score (nSPS) is 15.3. The molecule has 1 atom stereocenters. The second-order valence-electron chi connectivity index (χ2n) is 6.16. The van der Waals surface area contributed by atoms with Crippen LogP contribution in [0, 0.1) is 0 Å². The number of para-hydroxylation sites is 3. The Hall–Kier alpha value is -3.27. The molecule has 0 radical (unpaired) electrons. The van der Waals surface area contributed by atoms with E-state index < -0.39 is 0 Å². The van der Waals surface area contributed by atoms with E-state index in [0.717, 1.165) is 33.9 Å². The average molecular weight is 327 g/mol. The van der Waals surface area contributed by atoms with Crippen molar-refractivity contribution in [2.45, 2.75) is 6.17 Å². The summed E-state index contributed by atoms with van der Waals surface area (Å²) in [6.07, 6.45) is -0.0109. The third kappa shape index (κ3) is 2.11. The van der Waals surface area contributed by atoms with Gasteiger partial charge in [0.15, 0.2) is 0 Å². The van der Waals surface area contributed by atoms with Crippen LogP contribution in [0.4, 0.5) is 5.69 Å². The van der Waals surface area contributed by atoms with Crippen LogP contribution in [-0.2, 0) is 0 Å². The molecular weight excluding hydrogens is 310 g/mol. The molecule has 1 N–H and O–H groups in total. The van der Waals surface area contributed by atoms with Gasteiger partial charge in [-0.15, -0.1) is 0 Å². The summed E-state index contributed by atoms with van der Waals surface area (Å²) in [5.74, 6) is 1.85. The van der Waals surface area contributed by atoms with E-state index in [0.29, 0.717) is 0 Å². The molecule has 0 saturated carbocycles. The predicted octanol–water partition coefficient (Wildman–Crippen LogP) is 4.68. The van der Waals surface area contributed by atoms with Crippen molar-refractivity contribution >= 4 is 16.7 Å². The van der Waals surface area contributed by atoms with Gasteiger partial charge in [0.1, 0.15) is 17.7 Å². The number of aromatic nitrogens is 2. The molecular formula is C21H17N3O. The van der Waals surface area contributed by atoms with Crippen LogP contribution in [0.5, 0.6) is 5.75 Å². The van der Waals surface area contributed by atoms with Crippen LogP contribution in [0.1, 0.15) is 11.7 Å². The van der Waals surface area contributed by atoms with Crippen molar-refractivity contribution in [2.75, 3.05) is 12.4 Å². The summed E-state index contributed by atoms with van der Waals surface area (Å²) in [5.41, 5.74) is 5.53. The first-order valence-corrected chi connectivity index (χ1v) is 8.32. The second kappa shape index (κ2) is 5.38. The molecule has 0 aliphatic carbocycles. The molecule has 5 rings (SSSR count). The van der Waals surface area contributed by atoms with E-state index in [1.54, 1.807) is 7.11 Å². The van der Waals surface area contributed by atoms with E-state index in [9.17, 15) is 0 Å². The first-order chi connectivity index (χ1) is 12.3. The molecule has 0 saturated heterocycles. The Morgan fingerprint density at radius 2 is 1.68 bits per heavy atom. The minimum absolute atomic E-state index is 0.0109. The molecule has 122 valence electrons. The van der Waals surface area contributed by atoms with Crippen LogP contribution in [0.15, 0.2) is 72.8 Å².